The molecular formula is C20H31IN4OS. The summed E-state index contributed by atoms with van der Waals surface area (Å²) in [6.45, 7) is 3.40. The maximum absolute atomic E-state index is 12.1. The van der Waals surface area contributed by atoms with Crippen molar-refractivity contribution in [3.63, 3.8) is 0 Å². The summed E-state index contributed by atoms with van der Waals surface area (Å²) in [5.74, 6) is 2.10. The number of nitrogens with one attached hydrogen (secondary N) is 2. The molecule has 1 heterocycles. The van der Waals surface area contributed by atoms with Crippen molar-refractivity contribution in [3.05, 3.63) is 35.9 Å². The Labute approximate surface area is 184 Å². The van der Waals surface area contributed by atoms with Gasteiger partial charge in [0.15, 0.2) is 5.96 Å². The van der Waals surface area contributed by atoms with E-state index < -0.39 is 0 Å². The number of thioether (sulfide) groups is 1. The quantitative estimate of drug-likeness (QED) is 0.287. The third kappa shape index (κ3) is 6.27. The fraction of sp³-hybridized carbons (Fsp3) is 0.600. The Bertz CT molecular complexity index is 614. The number of carbonyl (C=O) groups excluding carboxylic acids is 1. The van der Waals surface area contributed by atoms with Crippen molar-refractivity contribution < 1.29 is 4.79 Å². The van der Waals surface area contributed by atoms with Gasteiger partial charge >= 0.3 is 0 Å². The zero-order chi connectivity index (χ0) is 18.2. The molecule has 150 valence electrons. The first-order valence-corrected chi connectivity index (χ1v) is 10.6. The van der Waals surface area contributed by atoms with Gasteiger partial charge in [-0.2, -0.15) is 11.8 Å². The van der Waals surface area contributed by atoms with Gasteiger partial charge in [0.2, 0.25) is 0 Å². The van der Waals surface area contributed by atoms with Gasteiger partial charge in [0.05, 0.1) is 0 Å². The maximum atomic E-state index is 12.1. The molecule has 7 heteroatoms. The second kappa shape index (κ2) is 11.1. The number of carbonyl (C=O) groups is 1. The number of nitrogens with zero attached hydrogens (tertiary/aromatic N) is 2. The second-order valence-electron chi connectivity index (χ2n) is 7.11. The molecule has 1 aromatic carbocycles. The van der Waals surface area contributed by atoms with Crippen molar-refractivity contribution in [1.82, 2.24) is 15.5 Å². The van der Waals surface area contributed by atoms with E-state index in [-0.39, 0.29) is 29.9 Å². The highest BCUT2D eigenvalue weighted by Gasteiger charge is 2.38. The van der Waals surface area contributed by atoms with Crippen molar-refractivity contribution in [2.45, 2.75) is 36.9 Å². The van der Waals surface area contributed by atoms with E-state index in [2.05, 4.69) is 32.3 Å². The molecule has 1 aliphatic carbocycles. The molecular weight excluding hydrogens is 471 g/mol. The lowest BCUT2D eigenvalue weighted by molar-refractivity contribution is 0.0954. The SMILES string of the molecule is CN=C(NCCNC(=O)c1ccccc1)N1CCSC2(CCCCC2)C1.I. The number of hydrogen-bond acceptors (Lipinski definition) is 3. The number of halogens is 1. The number of benzene rings is 1. The Balaban J connectivity index is 0.00000261. The van der Waals surface area contributed by atoms with E-state index in [4.69, 9.17) is 0 Å². The van der Waals surface area contributed by atoms with E-state index in [0.29, 0.717) is 23.4 Å². The van der Waals surface area contributed by atoms with Crippen LogP contribution in [-0.2, 0) is 0 Å². The van der Waals surface area contributed by atoms with Gasteiger partial charge in [0.25, 0.3) is 5.91 Å². The van der Waals surface area contributed by atoms with E-state index in [0.717, 1.165) is 19.0 Å². The van der Waals surface area contributed by atoms with Crippen LogP contribution in [0.25, 0.3) is 0 Å². The Morgan fingerprint density at radius 1 is 1.15 bits per heavy atom. The standard InChI is InChI=1S/C20H30N4OS.HI/c1-21-19(23-13-12-22-18(25)17-8-4-2-5-9-17)24-14-15-26-20(16-24)10-6-3-7-11-20;/h2,4-5,8-9H,3,6-7,10-16H2,1H3,(H,21,23)(H,22,25);1H. The van der Waals surface area contributed by atoms with Gasteiger partial charge in [-0.1, -0.05) is 37.5 Å². The normalized spacial score (nSPS) is 19.3. The molecule has 2 fully saturated rings. The number of amides is 1. The van der Waals surface area contributed by atoms with Crippen LogP contribution >= 0.6 is 35.7 Å². The van der Waals surface area contributed by atoms with E-state index in [1.165, 1.54) is 37.9 Å². The zero-order valence-electron chi connectivity index (χ0n) is 16.1. The molecule has 3 rings (SSSR count). The van der Waals surface area contributed by atoms with E-state index in [1.54, 1.807) is 0 Å². The number of rotatable bonds is 4. The van der Waals surface area contributed by atoms with E-state index in [9.17, 15) is 4.79 Å². The average molecular weight is 502 g/mol. The van der Waals surface area contributed by atoms with Crippen molar-refractivity contribution >= 4 is 47.6 Å². The maximum Gasteiger partial charge on any atom is 0.251 e. The van der Waals surface area contributed by atoms with Crippen LogP contribution < -0.4 is 10.6 Å². The van der Waals surface area contributed by atoms with Crippen LogP contribution in [0.4, 0.5) is 0 Å². The summed E-state index contributed by atoms with van der Waals surface area (Å²) in [6, 6.07) is 9.33. The average Bonchev–Trinajstić information content (AvgIpc) is 2.69. The van der Waals surface area contributed by atoms with Crippen molar-refractivity contribution in [2.75, 3.05) is 39.0 Å². The lowest BCUT2D eigenvalue weighted by Gasteiger charge is -2.45. The summed E-state index contributed by atoms with van der Waals surface area (Å²) in [7, 11) is 1.85. The highest BCUT2D eigenvalue weighted by Crippen LogP contribution is 2.42. The smallest absolute Gasteiger partial charge is 0.251 e. The highest BCUT2D eigenvalue weighted by atomic mass is 127. The molecule has 1 saturated heterocycles. The molecule has 1 aromatic rings. The highest BCUT2D eigenvalue weighted by molar-refractivity contribution is 14.0. The van der Waals surface area contributed by atoms with Gasteiger partial charge in [-0.15, -0.1) is 24.0 Å². The first-order chi connectivity index (χ1) is 12.7. The van der Waals surface area contributed by atoms with Crippen LogP contribution in [0.5, 0.6) is 0 Å². The molecule has 0 bridgehead atoms. The molecule has 2 N–H and O–H groups in total. The summed E-state index contributed by atoms with van der Waals surface area (Å²) in [6.07, 6.45) is 6.77. The molecule has 0 unspecified atom stereocenters. The van der Waals surface area contributed by atoms with Crippen LogP contribution in [-0.4, -0.2) is 60.5 Å². The lowest BCUT2D eigenvalue weighted by Crippen LogP contribution is -2.54. The summed E-state index contributed by atoms with van der Waals surface area (Å²) < 4.78 is 0.426. The summed E-state index contributed by atoms with van der Waals surface area (Å²) >= 11 is 2.17. The first kappa shape index (κ1) is 22.3. The Morgan fingerprint density at radius 3 is 2.56 bits per heavy atom. The minimum atomic E-state index is -0.0297. The van der Waals surface area contributed by atoms with Gasteiger partial charge in [-0.05, 0) is 25.0 Å². The number of guanidine groups is 1. The van der Waals surface area contributed by atoms with Crippen molar-refractivity contribution in [1.29, 1.82) is 0 Å². The summed E-state index contributed by atoms with van der Waals surface area (Å²) in [5, 5.41) is 6.38. The monoisotopic (exact) mass is 502 g/mol. The van der Waals surface area contributed by atoms with Crippen LogP contribution in [0.3, 0.4) is 0 Å². The second-order valence-corrected chi connectivity index (χ2v) is 8.67. The molecule has 1 spiro atoms. The largest absolute Gasteiger partial charge is 0.354 e. The Morgan fingerprint density at radius 2 is 1.85 bits per heavy atom. The fourth-order valence-corrected chi connectivity index (χ4v) is 5.47. The van der Waals surface area contributed by atoms with Crippen LogP contribution in [0.1, 0.15) is 42.5 Å². The van der Waals surface area contributed by atoms with Gasteiger partial charge in [-0.25, -0.2) is 0 Å². The van der Waals surface area contributed by atoms with Gasteiger partial charge < -0.3 is 15.5 Å². The summed E-state index contributed by atoms with van der Waals surface area (Å²) in [4.78, 5) is 19.0. The molecule has 1 amide bonds. The van der Waals surface area contributed by atoms with E-state index in [1.807, 2.05) is 37.4 Å². The van der Waals surface area contributed by atoms with Gasteiger partial charge in [0.1, 0.15) is 0 Å². The molecule has 2 aliphatic rings. The topological polar surface area (TPSA) is 56.7 Å². The molecule has 27 heavy (non-hydrogen) atoms. The Hall–Kier alpha value is -0.960. The number of hydrogen-bond donors (Lipinski definition) is 2. The molecule has 0 radical (unpaired) electrons. The van der Waals surface area contributed by atoms with Crippen LogP contribution in [0, 0.1) is 0 Å². The molecule has 0 aromatic heterocycles. The predicted molar refractivity (Wildman–Crippen MR) is 125 cm³/mol. The Kier molecular flexibility index (Phi) is 9.21. The molecule has 0 atom stereocenters. The number of aliphatic imine (C=N–C) groups is 1. The third-order valence-corrected chi connectivity index (χ3v) is 6.79. The van der Waals surface area contributed by atoms with Gasteiger partial charge in [0, 0.05) is 49.3 Å². The lowest BCUT2D eigenvalue weighted by atomic mass is 9.87. The van der Waals surface area contributed by atoms with Crippen LogP contribution in [0.2, 0.25) is 0 Å². The molecule has 5 nitrogen and oxygen atoms in total. The van der Waals surface area contributed by atoms with Gasteiger partial charge in [-0.3, -0.25) is 9.79 Å². The van der Waals surface area contributed by atoms with Crippen molar-refractivity contribution in [2.24, 2.45) is 4.99 Å². The van der Waals surface area contributed by atoms with E-state index >= 15 is 0 Å². The minimum Gasteiger partial charge on any atom is -0.354 e. The molecule has 1 aliphatic heterocycles. The minimum absolute atomic E-state index is 0. The summed E-state index contributed by atoms with van der Waals surface area (Å²) in [5.41, 5.74) is 0.698. The fourth-order valence-electron chi connectivity index (χ4n) is 3.90. The van der Waals surface area contributed by atoms with Crippen molar-refractivity contribution in [3.8, 4) is 0 Å². The van der Waals surface area contributed by atoms with Crippen LogP contribution in [0.15, 0.2) is 35.3 Å². The zero-order valence-corrected chi connectivity index (χ0v) is 19.2. The first-order valence-electron chi connectivity index (χ1n) is 9.65. The predicted octanol–water partition coefficient (Wildman–Crippen LogP) is 3.36. The molecule has 1 saturated carbocycles. The third-order valence-electron chi connectivity index (χ3n) is 5.25.